The number of hydrogen-bond donors (Lipinski definition) is 1. The number of sulfone groups is 1. The van der Waals surface area contributed by atoms with E-state index in [1.54, 1.807) is 13.8 Å². The van der Waals surface area contributed by atoms with Crippen molar-refractivity contribution in [1.29, 1.82) is 0 Å². The van der Waals surface area contributed by atoms with Gasteiger partial charge < -0.3 is 5.73 Å². The predicted molar refractivity (Wildman–Crippen MR) is 61.5 cm³/mol. The molecule has 1 aromatic carbocycles. The van der Waals surface area contributed by atoms with Gasteiger partial charge in [0.2, 0.25) is 0 Å². The lowest BCUT2D eigenvalue weighted by Gasteiger charge is -2.14. The zero-order valence-corrected chi connectivity index (χ0v) is 10.4. The number of benzene rings is 1. The summed E-state index contributed by atoms with van der Waals surface area (Å²) in [6.07, 6.45) is 0. The molecule has 0 aliphatic carbocycles. The summed E-state index contributed by atoms with van der Waals surface area (Å²) in [7, 11) is -3.38. The fraction of sp³-hybridized carbons (Fsp3) is 0.455. The van der Waals surface area contributed by atoms with Gasteiger partial charge in [0.15, 0.2) is 9.84 Å². The fourth-order valence-corrected chi connectivity index (χ4v) is 3.19. The smallest absolute Gasteiger partial charge is 0.194 e. The summed E-state index contributed by atoms with van der Waals surface area (Å²) in [5, 5.41) is -0.863. The van der Waals surface area contributed by atoms with Gasteiger partial charge in [-0.2, -0.15) is 0 Å². The van der Waals surface area contributed by atoms with Gasteiger partial charge in [0, 0.05) is 0 Å². The summed E-state index contributed by atoms with van der Waals surface area (Å²) in [6, 6.07) is 3.73. The molecule has 0 heterocycles. The van der Waals surface area contributed by atoms with E-state index in [1.165, 1.54) is 6.92 Å². The second kappa shape index (κ2) is 3.94. The van der Waals surface area contributed by atoms with E-state index in [4.69, 9.17) is 5.73 Å². The molecular weight excluding hydrogens is 210 g/mol. The van der Waals surface area contributed by atoms with Crippen LogP contribution in [-0.4, -0.2) is 13.8 Å². The molecule has 0 bridgehead atoms. The first-order valence-corrected chi connectivity index (χ1v) is 6.38. The molecular formula is C11H17NO2S. The van der Waals surface area contributed by atoms with Gasteiger partial charge in [-0.25, -0.2) is 8.42 Å². The Morgan fingerprint density at radius 2 is 1.53 bits per heavy atom. The van der Waals surface area contributed by atoms with Crippen molar-refractivity contribution in [3.05, 3.63) is 28.8 Å². The molecule has 84 valence electrons. The van der Waals surface area contributed by atoms with Crippen molar-refractivity contribution >= 4 is 9.84 Å². The third-order valence-corrected chi connectivity index (χ3v) is 4.57. The first-order chi connectivity index (χ1) is 6.76. The van der Waals surface area contributed by atoms with Crippen LogP contribution in [0.25, 0.3) is 0 Å². The lowest BCUT2D eigenvalue weighted by atomic mass is 10.1. The molecule has 1 atom stereocenters. The summed E-state index contributed by atoms with van der Waals surface area (Å²) in [5.41, 5.74) is 8.09. The molecule has 0 fully saturated rings. The molecule has 0 spiro atoms. The molecule has 1 unspecified atom stereocenters. The summed E-state index contributed by atoms with van der Waals surface area (Å²) < 4.78 is 23.9. The van der Waals surface area contributed by atoms with Crippen molar-refractivity contribution in [2.45, 2.75) is 38.0 Å². The topological polar surface area (TPSA) is 60.2 Å². The molecule has 4 heteroatoms. The highest BCUT2D eigenvalue weighted by atomic mass is 32.2. The van der Waals surface area contributed by atoms with E-state index in [0.29, 0.717) is 4.90 Å². The molecule has 0 aromatic heterocycles. The van der Waals surface area contributed by atoms with Crippen LogP contribution in [0.2, 0.25) is 0 Å². The van der Waals surface area contributed by atoms with Crippen LogP contribution >= 0.6 is 0 Å². The standard InChI is InChI=1S/C11H17NO2S/c1-7-5-8(2)11(9(3)6-7)15(13,14)10(4)12/h5-6,10H,12H2,1-4H3. The maximum absolute atomic E-state index is 12.0. The minimum Gasteiger partial charge on any atom is -0.315 e. The van der Waals surface area contributed by atoms with E-state index >= 15 is 0 Å². The van der Waals surface area contributed by atoms with Crippen molar-refractivity contribution in [2.24, 2.45) is 5.73 Å². The van der Waals surface area contributed by atoms with Gasteiger partial charge in [0.05, 0.1) is 4.90 Å². The highest BCUT2D eigenvalue weighted by molar-refractivity contribution is 7.92. The Hall–Kier alpha value is -0.870. The van der Waals surface area contributed by atoms with E-state index in [9.17, 15) is 8.42 Å². The summed E-state index contributed by atoms with van der Waals surface area (Å²) >= 11 is 0. The van der Waals surface area contributed by atoms with Crippen molar-refractivity contribution in [3.8, 4) is 0 Å². The Morgan fingerprint density at radius 3 is 1.87 bits per heavy atom. The van der Waals surface area contributed by atoms with Gasteiger partial charge in [-0.3, -0.25) is 0 Å². The molecule has 0 aliphatic rings. The van der Waals surface area contributed by atoms with Crippen molar-refractivity contribution in [2.75, 3.05) is 0 Å². The summed E-state index contributed by atoms with van der Waals surface area (Å²) in [5.74, 6) is 0. The normalized spacial score (nSPS) is 13.9. The van der Waals surface area contributed by atoms with E-state index < -0.39 is 15.2 Å². The van der Waals surface area contributed by atoms with Crippen LogP contribution in [0.5, 0.6) is 0 Å². The number of aryl methyl sites for hydroxylation is 3. The van der Waals surface area contributed by atoms with Crippen LogP contribution in [-0.2, 0) is 9.84 Å². The lowest BCUT2D eigenvalue weighted by molar-refractivity contribution is 0.584. The largest absolute Gasteiger partial charge is 0.315 e. The van der Waals surface area contributed by atoms with Gasteiger partial charge in [0.25, 0.3) is 0 Å². The summed E-state index contributed by atoms with van der Waals surface area (Å²) in [6.45, 7) is 7.04. The van der Waals surface area contributed by atoms with Crippen LogP contribution in [0.3, 0.4) is 0 Å². The second-order valence-corrected chi connectivity index (χ2v) is 6.22. The number of rotatable bonds is 2. The van der Waals surface area contributed by atoms with Gasteiger partial charge in [0.1, 0.15) is 5.37 Å². The maximum atomic E-state index is 12.0. The molecule has 15 heavy (non-hydrogen) atoms. The molecule has 0 amide bonds. The van der Waals surface area contributed by atoms with Crippen molar-refractivity contribution in [3.63, 3.8) is 0 Å². The van der Waals surface area contributed by atoms with E-state index in [2.05, 4.69) is 0 Å². The third-order valence-electron chi connectivity index (χ3n) is 2.38. The molecule has 1 aromatic rings. The van der Waals surface area contributed by atoms with Gasteiger partial charge in [-0.15, -0.1) is 0 Å². The van der Waals surface area contributed by atoms with Crippen molar-refractivity contribution < 1.29 is 8.42 Å². The zero-order valence-electron chi connectivity index (χ0n) is 9.53. The molecule has 0 saturated heterocycles. The SMILES string of the molecule is Cc1cc(C)c(S(=O)(=O)C(C)N)c(C)c1. The maximum Gasteiger partial charge on any atom is 0.194 e. The molecule has 0 radical (unpaired) electrons. The zero-order chi connectivity index (χ0) is 11.8. The van der Waals surface area contributed by atoms with Crippen molar-refractivity contribution in [1.82, 2.24) is 0 Å². The quantitative estimate of drug-likeness (QED) is 0.836. The van der Waals surface area contributed by atoms with E-state index in [1.807, 2.05) is 19.1 Å². The Bertz CT molecular complexity index is 452. The highest BCUT2D eigenvalue weighted by Crippen LogP contribution is 2.23. The first kappa shape index (κ1) is 12.2. The number of nitrogens with two attached hydrogens (primary N) is 1. The second-order valence-electron chi connectivity index (χ2n) is 3.98. The molecule has 2 N–H and O–H groups in total. The average molecular weight is 227 g/mol. The first-order valence-electron chi connectivity index (χ1n) is 4.84. The van der Waals surface area contributed by atoms with Crippen LogP contribution < -0.4 is 5.73 Å². The summed E-state index contributed by atoms with van der Waals surface area (Å²) in [4.78, 5) is 0.378. The van der Waals surface area contributed by atoms with E-state index in [-0.39, 0.29) is 0 Å². The molecule has 0 aliphatic heterocycles. The third kappa shape index (κ3) is 2.21. The minimum absolute atomic E-state index is 0.378. The van der Waals surface area contributed by atoms with Gasteiger partial charge in [-0.1, -0.05) is 17.7 Å². The Kier molecular flexibility index (Phi) is 3.21. The molecule has 1 rings (SSSR count). The number of hydrogen-bond acceptors (Lipinski definition) is 3. The minimum atomic E-state index is -3.38. The van der Waals surface area contributed by atoms with Crippen LogP contribution in [0.1, 0.15) is 23.6 Å². The molecule has 0 saturated carbocycles. The fourth-order valence-electron chi connectivity index (χ4n) is 1.80. The Balaban J connectivity index is 3.52. The van der Waals surface area contributed by atoms with Crippen LogP contribution in [0, 0.1) is 20.8 Å². The Labute approximate surface area is 91.2 Å². The van der Waals surface area contributed by atoms with Gasteiger partial charge in [-0.05, 0) is 38.8 Å². The molecule has 3 nitrogen and oxygen atoms in total. The van der Waals surface area contributed by atoms with Crippen LogP contribution in [0.15, 0.2) is 17.0 Å². The monoisotopic (exact) mass is 227 g/mol. The van der Waals surface area contributed by atoms with E-state index in [0.717, 1.165) is 16.7 Å². The lowest BCUT2D eigenvalue weighted by Crippen LogP contribution is -2.28. The highest BCUT2D eigenvalue weighted by Gasteiger charge is 2.23. The Morgan fingerprint density at radius 1 is 1.13 bits per heavy atom. The van der Waals surface area contributed by atoms with Gasteiger partial charge >= 0.3 is 0 Å². The predicted octanol–water partition coefficient (Wildman–Crippen LogP) is 1.69. The van der Waals surface area contributed by atoms with Crippen LogP contribution in [0.4, 0.5) is 0 Å². The average Bonchev–Trinajstić information content (AvgIpc) is 2.00.